The van der Waals surface area contributed by atoms with E-state index in [0.29, 0.717) is 12.4 Å². The van der Waals surface area contributed by atoms with Gasteiger partial charge in [-0.05, 0) is 23.6 Å². The molecule has 8 nitrogen and oxygen atoms in total. The number of pyridine rings is 1. The highest BCUT2D eigenvalue weighted by molar-refractivity contribution is 7.99. The molecule has 3 rings (SSSR count). The molecule has 2 aromatic heterocycles. The molecule has 3 aromatic rings. The first-order chi connectivity index (χ1) is 13.5. The van der Waals surface area contributed by atoms with E-state index in [2.05, 4.69) is 15.1 Å². The summed E-state index contributed by atoms with van der Waals surface area (Å²) in [5.74, 6) is 0.616. The predicted molar refractivity (Wildman–Crippen MR) is 106 cm³/mol. The average molecular weight is 397 g/mol. The molecule has 0 aliphatic heterocycles. The molecule has 0 bridgehead atoms. The lowest BCUT2D eigenvalue weighted by atomic mass is 10.1. The van der Waals surface area contributed by atoms with Gasteiger partial charge in [0.15, 0.2) is 5.82 Å². The maximum Gasteiger partial charge on any atom is 0.270 e. The van der Waals surface area contributed by atoms with Gasteiger partial charge in [-0.3, -0.25) is 15.1 Å². The van der Waals surface area contributed by atoms with Crippen molar-refractivity contribution in [2.75, 3.05) is 0 Å². The summed E-state index contributed by atoms with van der Waals surface area (Å²) < 4.78 is 1.93. The topological polar surface area (TPSA) is 106 Å². The minimum Gasteiger partial charge on any atom is -0.411 e. The molecule has 0 saturated heterocycles. The number of nitro groups is 1. The molecule has 0 atom stereocenters. The van der Waals surface area contributed by atoms with Crippen LogP contribution in [0.15, 0.2) is 63.9 Å². The van der Waals surface area contributed by atoms with Gasteiger partial charge >= 0.3 is 0 Å². The van der Waals surface area contributed by atoms with Gasteiger partial charge in [0.05, 0.1) is 17.2 Å². The lowest BCUT2D eigenvalue weighted by molar-refractivity contribution is -0.385. The number of benzene rings is 1. The van der Waals surface area contributed by atoms with Crippen molar-refractivity contribution in [2.24, 2.45) is 5.16 Å². The number of hydrogen-bond acceptors (Lipinski definition) is 7. The standard InChI is InChI=1S/C19H19N5O3S/c1-13(2)18-19(28-16-7-3-6-15(9-16)24(26)27)23(17(22-18)11-21-25)12-14-5-4-8-20-10-14/h3-11,13,25H,12H2,1-2H3. The van der Waals surface area contributed by atoms with E-state index in [4.69, 9.17) is 5.21 Å². The second kappa shape index (κ2) is 8.66. The number of non-ortho nitro benzene ring substituents is 1. The largest absolute Gasteiger partial charge is 0.411 e. The number of oxime groups is 1. The summed E-state index contributed by atoms with van der Waals surface area (Å²) in [6.07, 6.45) is 4.75. The molecular weight excluding hydrogens is 378 g/mol. The van der Waals surface area contributed by atoms with Crippen LogP contribution in [0, 0.1) is 10.1 Å². The van der Waals surface area contributed by atoms with Gasteiger partial charge in [0, 0.05) is 29.4 Å². The number of hydrogen-bond donors (Lipinski definition) is 1. The normalized spacial score (nSPS) is 11.4. The molecule has 144 valence electrons. The fourth-order valence-electron chi connectivity index (χ4n) is 2.71. The van der Waals surface area contributed by atoms with Gasteiger partial charge < -0.3 is 9.77 Å². The van der Waals surface area contributed by atoms with E-state index in [-0.39, 0.29) is 11.6 Å². The minimum atomic E-state index is -0.412. The highest BCUT2D eigenvalue weighted by Gasteiger charge is 2.21. The van der Waals surface area contributed by atoms with E-state index in [1.807, 2.05) is 36.6 Å². The Morgan fingerprint density at radius 3 is 2.82 bits per heavy atom. The summed E-state index contributed by atoms with van der Waals surface area (Å²) in [6.45, 7) is 4.52. The van der Waals surface area contributed by atoms with Crippen LogP contribution in [0.4, 0.5) is 5.69 Å². The molecule has 1 N–H and O–H groups in total. The van der Waals surface area contributed by atoms with Crippen molar-refractivity contribution in [2.45, 2.75) is 36.2 Å². The van der Waals surface area contributed by atoms with Crippen molar-refractivity contribution in [1.82, 2.24) is 14.5 Å². The highest BCUT2D eigenvalue weighted by atomic mass is 32.2. The van der Waals surface area contributed by atoms with Crippen LogP contribution in [0.1, 0.15) is 36.8 Å². The van der Waals surface area contributed by atoms with Crippen molar-refractivity contribution in [1.29, 1.82) is 0 Å². The van der Waals surface area contributed by atoms with Gasteiger partial charge in [-0.2, -0.15) is 0 Å². The Hall–Kier alpha value is -3.20. The third-order valence-electron chi connectivity index (χ3n) is 4.00. The van der Waals surface area contributed by atoms with E-state index in [1.54, 1.807) is 18.5 Å². The van der Waals surface area contributed by atoms with E-state index >= 15 is 0 Å². The van der Waals surface area contributed by atoms with Crippen molar-refractivity contribution >= 4 is 23.7 Å². The zero-order chi connectivity index (χ0) is 20.1. The van der Waals surface area contributed by atoms with Crippen molar-refractivity contribution < 1.29 is 10.1 Å². The van der Waals surface area contributed by atoms with Crippen molar-refractivity contribution in [3.8, 4) is 0 Å². The SMILES string of the molecule is CC(C)c1nc(C=NO)n(Cc2cccnc2)c1Sc1cccc([N+](=O)[O-])c1. The molecule has 9 heteroatoms. The smallest absolute Gasteiger partial charge is 0.270 e. The maximum atomic E-state index is 11.1. The van der Waals surface area contributed by atoms with Crippen LogP contribution in [0.5, 0.6) is 0 Å². The third kappa shape index (κ3) is 4.37. The van der Waals surface area contributed by atoms with Crippen LogP contribution < -0.4 is 0 Å². The Kier molecular flexibility index (Phi) is 6.05. The monoisotopic (exact) mass is 397 g/mol. The molecular formula is C19H19N5O3S. The first-order valence-corrected chi connectivity index (χ1v) is 9.40. The number of nitrogens with zero attached hydrogens (tertiary/aromatic N) is 5. The van der Waals surface area contributed by atoms with Gasteiger partial charge in [0.2, 0.25) is 0 Å². The number of imidazole rings is 1. The summed E-state index contributed by atoms with van der Waals surface area (Å²) >= 11 is 1.40. The molecule has 0 aliphatic rings. The van der Waals surface area contributed by atoms with Crippen molar-refractivity contribution in [3.05, 3.63) is 76.0 Å². The van der Waals surface area contributed by atoms with E-state index < -0.39 is 4.92 Å². The molecule has 0 saturated carbocycles. The van der Waals surface area contributed by atoms with Crippen LogP contribution in [-0.2, 0) is 6.54 Å². The molecule has 2 heterocycles. The van der Waals surface area contributed by atoms with Crippen LogP contribution in [0.3, 0.4) is 0 Å². The van der Waals surface area contributed by atoms with E-state index in [0.717, 1.165) is 21.2 Å². The zero-order valence-corrected chi connectivity index (χ0v) is 16.2. The second-order valence-corrected chi connectivity index (χ2v) is 7.43. The van der Waals surface area contributed by atoms with Crippen LogP contribution in [-0.4, -0.2) is 30.9 Å². The molecule has 0 spiro atoms. The molecule has 0 amide bonds. The summed E-state index contributed by atoms with van der Waals surface area (Å²) in [5, 5.41) is 24.1. The number of aromatic nitrogens is 3. The molecule has 1 aromatic carbocycles. The lowest BCUT2D eigenvalue weighted by Gasteiger charge is -2.12. The van der Waals surface area contributed by atoms with Crippen LogP contribution >= 0.6 is 11.8 Å². The summed E-state index contributed by atoms with van der Waals surface area (Å²) in [4.78, 5) is 20.2. The van der Waals surface area contributed by atoms with Crippen LogP contribution in [0.2, 0.25) is 0 Å². The van der Waals surface area contributed by atoms with Gasteiger partial charge in [0.25, 0.3) is 5.69 Å². The number of rotatable bonds is 7. The Labute approximate surface area is 166 Å². The minimum absolute atomic E-state index is 0.0339. The summed E-state index contributed by atoms with van der Waals surface area (Å²) in [6, 6.07) is 10.3. The van der Waals surface area contributed by atoms with Gasteiger partial charge in [0.1, 0.15) is 11.2 Å². The summed E-state index contributed by atoms with van der Waals surface area (Å²) in [7, 11) is 0. The highest BCUT2D eigenvalue weighted by Crippen LogP contribution is 2.36. The van der Waals surface area contributed by atoms with Crippen molar-refractivity contribution in [3.63, 3.8) is 0 Å². The summed E-state index contributed by atoms with van der Waals surface area (Å²) in [5.41, 5.74) is 1.82. The Balaban J connectivity index is 2.09. The third-order valence-corrected chi connectivity index (χ3v) is 5.11. The quantitative estimate of drug-likeness (QED) is 0.275. The van der Waals surface area contributed by atoms with Gasteiger partial charge in [-0.25, -0.2) is 4.98 Å². The zero-order valence-electron chi connectivity index (χ0n) is 15.4. The van der Waals surface area contributed by atoms with Gasteiger partial charge in [-0.1, -0.05) is 42.9 Å². The lowest BCUT2D eigenvalue weighted by Crippen LogP contribution is -2.06. The fraction of sp³-hybridized carbons (Fsp3) is 0.211. The average Bonchev–Trinajstić information content (AvgIpc) is 3.01. The molecule has 0 aliphatic carbocycles. The Morgan fingerprint density at radius 1 is 1.36 bits per heavy atom. The van der Waals surface area contributed by atoms with E-state index in [1.165, 1.54) is 30.1 Å². The molecule has 0 unspecified atom stereocenters. The Morgan fingerprint density at radius 2 is 2.18 bits per heavy atom. The Bertz CT molecular complexity index is 1000. The van der Waals surface area contributed by atoms with Crippen LogP contribution in [0.25, 0.3) is 0 Å². The first kappa shape index (κ1) is 19.6. The first-order valence-electron chi connectivity index (χ1n) is 8.58. The molecule has 0 radical (unpaired) electrons. The maximum absolute atomic E-state index is 11.1. The second-order valence-electron chi connectivity index (χ2n) is 6.36. The fourth-order valence-corrected chi connectivity index (χ4v) is 3.91. The molecule has 0 fully saturated rings. The van der Waals surface area contributed by atoms with Gasteiger partial charge in [-0.15, -0.1) is 0 Å². The van der Waals surface area contributed by atoms with E-state index in [9.17, 15) is 10.1 Å². The number of nitro benzene ring substituents is 1. The molecule has 28 heavy (non-hydrogen) atoms. The predicted octanol–water partition coefficient (Wildman–Crippen LogP) is 4.32.